The first-order valence-electron chi connectivity index (χ1n) is 7.53. The van der Waals surface area contributed by atoms with Gasteiger partial charge in [-0.25, -0.2) is 9.59 Å². The molecule has 1 N–H and O–H groups in total. The number of ether oxygens (including phenoxy) is 3. The fourth-order valence-corrected chi connectivity index (χ4v) is 2.12. The van der Waals surface area contributed by atoms with Crippen LogP contribution in [0.5, 0.6) is 5.75 Å². The highest BCUT2D eigenvalue weighted by Crippen LogP contribution is 2.15. The van der Waals surface area contributed by atoms with Crippen molar-refractivity contribution in [3.8, 4) is 5.75 Å². The number of hydrogen-bond donors (Lipinski definition) is 1. The van der Waals surface area contributed by atoms with E-state index in [1.807, 2.05) is 30.5 Å². The van der Waals surface area contributed by atoms with Gasteiger partial charge < -0.3 is 19.5 Å². The summed E-state index contributed by atoms with van der Waals surface area (Å²) in [4.78, 5) is 23.8. The Kier molecular flexibility index (Phi) is 7.91. The monoisotopic (exact) mass is 355 g/mol. The van der Waals surface area contributed by atoms with Crippen LogP contribution in [0.3, 0.4) is 0 Å². The van der Waals surface area contributed by atoms with Crippen LogP contribution in [0.4, 0.5) is 4.79 Å². The summed E-state index contributed by atoms with van der Waals surface area (Å²) in [5.41, 5.74) is 0.235. The highest BCUT2D eigenvalue weighted by molar-refractivity contribution is 7.98. The van der Waals surface area contributed by atoms with Crippen LogP contribution >= 0.6 is 11.8 Å². The number of carbonyl (C=O) groups is 2. The van der Waals surface area contributed by atoms with Crippen LogP contribution in [0.15, 0.2) is 24.3 Å². The van der Waals surface area contributed by atoms with Crippen LogP contribution in [-0.2, 0) is 20.7 Å². The summed E-state index contributed by atoms with van der Waals surface area (Å²) in [6.45, 7) is 5.27. The van der Waals surface area contributed by atoms with Gasteiger partial charge in [0.05, 0.1) is 7.11 Å². The van der Waals surface area contributed by atoms with Gasteiger partial charge in [0.25, 0.3) is 0 Å². The molecule has 0 bridgehead atoms. The molecule has 1 aromatic carbocycles. The van der Waals surface area contributed by atoms with E-state index in [9.17, 15) is 9.59 Å². The number of hydrogen-bond acceptors (Lipinski definition) is 6. The highest BCUT2D eigenvalue weighted by atomic mass is 32.2. The maximum atomic E-state index is 11.9. The molecule has 0 aliphatic rings. The molecule has 1 rings (SSSR count). The average molecular weight is 355 g/mol. The summed E-state index contributed by atoms with van der Waals surface area (Å²) in [5, 5.41) is 2.55. The molecular weight excluding hydrogens is 330 g/mol. The van der Waals surface area contributed by atoms with Crippen molar-refractivity contribution in [3.05, 3.63) is 29.8 Å². The molecule has 0 spiro atoms. The summed E-state index contributed by atoms with van der Waals surface area (Å²) >= 11 is 1.58. The van der Waals surface area contributed by atoms with Gasteiger partial charge in [0.2, 0.25) is 0 Å². The number of carbonyl (C=O) groups excluding carboxylic acids is 2. The molecule has 1 atom stereocenters. The summed E-state index contributed by atoms with van der Waals surface area (Å²) in [5.74, 6) is 0.802. The molecule has 134 valence electrons. The smallest absolute Gasteiger partial charge is 0.408 e. The Labute approximate surface area is 147 Å². The van der Waals surface area contributed by atoms with Gasteiger partial charge in [-0.15, -0.1) is 11.8 Å². The van der Waals surface area contributed by atoms with Gasteiger partial charge in [0.15, 0.2) is 0 Å². The van der Waals surface area contributed by atoms with Gasteiger partial charge >= 0.3 is 12.1 Å². The minimum absolute atomic E-state index is 0.300. The standard InChI is InChI=1S/C17H25NO5S/c1-17(2,3)23-16(20)18-14(15(19)21-4)10-12-6-8-13(9-7-12)22-11-24-5/h6-9,14H,10-11H2,1-5H3,(H,18,20)/t14-/m0/s1. The summed E-state index contributed by atoms with van der Waals surface area (Å²) < 4.78 is 15.4. The van der Waals surface area contributed by atoms with E-state index in [4.69, 9.17) is 14.2 Å². The predicted molar refractivity (Wildman–Crippen MR) is 94.3 cm³/mol. The lowest BCUT2D eigenvalue weighted by molar-refractivity contribution is -0.143. The third kappa shape index (κ3) is 7.59. The minimum Gasteiger partial charge on any atom is -0.483 e. The fourth-order valence-electron chi connectivity index (χ4n) is 1.87. The Morgan fingerprint density at radius 1 is 1.21 bits per heavy atom. The molecule has 0 unspecified atom stereocenters. The molecule has 0 aromatic heterocycles. The first-order chi connectivity index (χ1) is 11.2. The van der Waals surface area contributed by atoms with E-state index in [0.717, 1.165) is 11.3 Å². The Bertz CT molecular complexity index is 539. The second-order valence-electron chi connectivity index (χ2n) is 6.12. The molecular formula is C17H25NO5S. The normalized spacial score (nSPS) is 12.2. The predicted octanol–water partition coefficient (Wildman–Crippen LogP) is 2.99. The van der Waals surface area contributed by atoms with Crippen molar-refractivity contribution < 1.29 is 23.8 Å². The van der Waals surface area contributed by atoms with E-state index in [-0.39, 0.29) is 0 Å². The Hall–Kier alpha value is -1.89. The van der Waals surface area contributed by atoms with Gasteiger partial charge in [0.1, 0.15) is 23.3 Å². The number of amides is 1. The molecule has 0 fully saturated rings. The molecule has 6 nitrogen and oxygen atoms in total. The molecule has 1 aromatic rings. The second kappa shape index (κ2) is 9.42. The lowest BCUT2D eigenvalue weighted by Gasteiger charge is -2.22. The van der Waals surface area contributed by atoms with Crippen molar-refractivity contribution in [2.45, 2.75) is 38.8 Å². The zero-order valence-corrected chi connectivity index (χ0v) is 15.6. The largest absolute Gasteiger partial charge is 0.483 e. The van der Waals surface area contributed by atoms with E-state index >= 15 is 0 Å². The Morgan fingerprint density at radius 2 is 1.83 bits per heavy atom. The number of esters is 1. The fraction of sp³-hybridized carbons (Fsp3) is 0.529. The number of rotatable bonds is 7. The van der Waals surface area contributed by atoms with Crippen LogP contribution in [0, 0.1) is 0 Å². The highest BCUT2D eigenvalue weighted by Gasteiger charge is 2.25. The van der Waals surface area contributed by atoms with Crippen molar-refractivity contribution in [2.75, 3.05) is 19.3 Å². The maximum Gasteiger partial charge on any atom is 0.408 e. The molecule has 24 heavy (non-hydrogen) atoms. The lowest BCUT2D eigenvalue weighted by Crippen LogP contribution is -2.45. The SMILES string of the molecule is COC(=O)[C@H](Cc1ccc(OCSC)cc1)NC(=O)OC(C)(C)C. The van der Waals surface area contributed by atoms with Gasteiger partial charge in [-0.05, 0) is 44.7 Å². The van der Waals surface area contributed by atoms with Crippen molar-refractivity contribution >= 4 is 23.8 Å². The Balaban J connectivity index is 2.72. The molecule has 0 radical (unpaired) electrons. The number of thioether (sulfide) groups is 1. The van der Waals surface area contributed by atoms with Crippen LogP contribution in [-0.4, -0.2) is 43.0 Å². The minimum atomic E-state index is -0.817. The van der Waals surface area contributed by atoms with Gasteiger partial charge in [-0.2, -0.15) is 0 Å². The molecule has 0 heterocycles. The summed E-state index contributed by atoms with van der Waals surface area (Å²) in [7, 11) is 1.28. The number of methoxy groups -OCH3 is 1. The lowest BCUT2D eigenvalue weighted by atomic mass is 10.1. The molecule has 0 aliphatic carbocycles. The van der Waals surface area contributed by atoms with Gasteiger partial charge in [-0.1, -0.05) is 12.1 Å². The molecule has 0 saturated heterocycles. The van der Waals surface area contributed by atoms with E-state index in [1.54, 1.807) is 32.5 Å². The van der Waals surface area contributed by atoms with E-state index in [0.29, 0.717) is 12.4 Å². The van der Waals surface area contributed by atoms with Crippen molar-refractivity contribution in [1.29, 1.82) is 0 Å². The van der Waals surface area contributed by atoms with E-state index in [1.165, 1.54) is 7.11 Å². The second-order valence-corrected chi connectivity index (χ2v) is 6.93. The zero-order chi connectivity index (χ0) is 18.2. The summed E-state index contributed by atoms with van der Waals surface area (Å²) in [6.07, 6.45) is 1.60. The topological polar surface area (TPSA) is 73.9 Å². The average Bonchev–Trinajstić information content (AvgIpc) is 2.51. The van der Waals surface area contributed by atoms with Gasteiger partial charge in [-0.3, -0.25) is 0 Å². The first-order valence-corrected chi connectivity index (χ1v) is 8.92. The maximum absolute atomic E-state index is 11.9. The number of alkyl carbamates (subject to hydrolysis) is 1. The van der Waals surface area contributed by atoms with Crippen LogP contribution < -0.4 is 10.1 Å². The molecule has 0 aliphatic heterocycles. The van der Waals surface area contributed by atoms with E-state index in [2.05, 4.69) is 5.32 Å². The van der Waals surface area contributed by atoms with E-state index < -0.39 is 23.7 Å². The molecule has 0 saturated carbocycles. The quantitative estimate of drug-likeness (QED) is 0.599. The van der Waals surface area contributed by atoms with Crippen molar-refractivity contribution in [3.63, 3.8) is 0 Å². The van der Waals surface area contributed by atoms with Crippen LogP contribution in [0.1, 0.15) is 26.3 Å². The molecule has 1 amide bonds. The number of nitrogens with one attached hydrogen (secondary N) is 1. The Morgan fingerprint density at radius 3 is 2.33 bits per heavy atom. The third-order valence-electron chi connectivity index (χ3n) is 2.88. The molecule has 7 heteroatoms. The van der Waals surface area contributed by atoms with Gasteiger partial charge in [0, 0.05) is 6.42 Å². The van der Waals surface area contributed by atoms with Crippen molar-refractivity contribution in [1.82, 2.24) is 5.32 Å². The first kappa shape index (κ1) is 20.2. The number of benzene rings is 1. The zero-order valence-electron chi connectivity index (χ0n) is 14.8. The van der Waals surface area contributed by atoms with Crippen molar-refractivity contribution in [2.24, 2.45) is 0 Å². The summed E-state index contributed by atoms with van der Waals surface area (Å²) in [6, 6.07) is 6.54. The van der Waals surface area contributed by atoms with Crippen LogP contribution in [0.25, 0.3) is 0 Å². The third-order valence-corrected chi connectivity index (χ3v) is 3.24. The van der Waals surface area contributed by atoms with Crippen LogP contribution in [0.2, 0.25) is 0 Å².